The summed E-state index contributed by atoms with van der Waals surface area (Å²) in [4.78, 5) is 6.51. The monoisotopic (exact) mass is 269 g/mol. The first-order chi connectivity index (χ1) is 9.85. The van der Waals surface area contributed by atoms with Crippen LogP contribution in [0.2, 0.25) is 0 Å². The molecule has 6 nitrogen and oxygen atoms in total. The minimum Gasteiger partial charge on any atom is -0.373 e. The molecule has 0 spiro atoms. The summed E-state index contributed by atoms with van der Waals surface area (Å²) in [6, 6.07) is 7.66. The summed E-state index contributed by atoms with van der Waals surface area (Å²) < 4.78 is 7.64. The molecule has 102 valence electrons. The van der Waals surface area contributed by atoms with Crippen molar-refractivity contribution < 1.29 is 4.74 Å². The van der Waals surface area contributed by atoms with Gasteiger partial charge in [-0.25, -0.2) is 4.98 Å². The average Bonchev–Trinajstić information content (AvgIpc) is 3.01. The summed E-state index contributed by atoms with van der Waals surface area (Å²) in [5, 5.41) is 13.0. The first-order valence-corrected chi connectivity index (χ1v) is 6.55. The third kappa shape index (κ3) is 2.78. The molecule has 1 fully saturated rings. The number of anilines is 1. The Balaban J connectivity index is 1.66. The maximum Gasteiger partial charge on any atom is 0.128 e. The molecular formula is C14H15N5O. The Morgan fingerprint density at radius 3 is 3.10 bits per heavy atom. The molecule has 1 aliphatic heterocycles. The minimum absolute atomic E-state index is 0.0982. The molecule has 6 heteroatoms. The highest BCUT2D eigenvalue weighted by Gasteiger charge is 2.21. The lowest BCUT2D eigenvalue weighted by atomic mass is 10.2. The van der Waals surface area contributed by atoms with Crippen molar-refractivity contribution in [3.05, 3.63) is 42.4 Å². The first kappa shape index (κ1) is 12.6. The van der Waals surface area contributed by atoms with Crippen molar-refractivity contribution in [1.29, 1.82) is 5.26 Å². The van der Waals surface area contributed by atoms with E-state index in [1.54, 1.807) is 18.5 Å². The van der Waals surface area contributed by atoms with E-state index in [1.807, 2.05) is 23.0 Å². The molecule has 1 saturated heterocycles. The van der Waals surface area contributed by atoms with Crippen LogP contribution in [0.15, 0.2) is 36.8 Å². The summed E-state index contributed by atoms with van der Waals surface area (Å²) in [5.74, 6) is 0.887. The fourth-order valence-electron chi connectivity index (χ4n) is 2.29. The van der Waals surface area contributed by atoms with Gasteiger partial charge in [0.2, 0.25) is 0 Å². The smallest absolute Gasteiger partial charge is 0.128 e. The number of pyridine rings is 1. The number of rotatable bonds is 3. The van der Waals surface area contributed by atoms with Crippen LogP contribution >= 0.6 is 0 Å². The zero-order valence-electron chi connectivity index (χ0n) is 11.0. The standard InChI is InChI=1S/C14H15N5O/c15-8-12-2-3-14(16-9-12)18-6-7-20-13(10-18)11-19-5-1-4-17-19/h1-5,9,13H,6-7,10-11H2. The molecule has 1 atom stereocenters. The molecule has 1 unspecified atom stereocenters. The second-order valence-electron chi connectivity index (χ2n) is 4.68. The van der Waals surface area contributed by atoms with Crippen LogP contribution in [0.25, 0.3) is 0 Å². The van der Waals surface area contributed by atoms with E-state index in [0.29, 0.717) is 12.2 Å². The van der Waals surface area contributed by atoms with Gasteiger partial charge in [0.1, 0.15) is 11.9 Å². The fraction of sp³-hybridized carbons (Fsp3) is 0.357. The van der Waals surface area contributed by atoms with Crippen molar-refractivity contribution in [2.75, 3.05) is 24.6 Å². The summed E-state index contributed by atoms with van der Waals surface area (Å²) in [5.41, 5.74) is 0.579. The SMILES string of the molecule is N#Cc1ccc(N2CCOC(Cn3cccn3)C2)nc1. The van der Waals surface area contributed by atoms with Gasteiger partial charge in [-0.3, -0.25) is 4.68 Å². The van der Waals surface area contributed by atoms with E-state index in [-0.39, 0.29) is 6.10 Å². The summed E-state index contributed by atoms with van der Waals surface area (Å²) in [6.07, 6.45) is 5.40. The van der Waals surface area contributed by atoms with Gasteiger partial charge in [0, 0.05) is 31.7 Å². The molecule has 2 aromatic rings. The Kier molecular flexibility index (Phi) is 3.61. The Hall–Kier alpha value is -2.39. The number of ether oxygens (including phenoxy) is 1. The van der Waals surface area contributed by atoms with Crippen LogP contribution in [-0.2, 0) is 11.3 Å². The summed E-state index contributed by atoms with van der Waals surface area (Å²) in [6.45, 7) is 3.00. The molecule has 2 aromatic heterocycles. The highest BCUT2D eigenvalue weighted by molar-refractivity contribution is 5.42. The predicted molar refractivity (Wildman–Crippen MR) is 73.1 cm³/mol. The number of morpholine rings is 1. The van der Waals surface area contributed by atoms with Crippen LogP contribution in [0, 0.1) is 11.3 Å². The zero-order chi connectivity index (χ0) is 13.8. The fourth-order valence-corrected chi connectivity index (χ4v) is 2.29. The zero-order valence-corrected chi connectivity index (χ0v) is 11.0. The van der Waals surface area contributed by atoms with Gasteiger partial charge in [0.25, 0.3) is 0 Å². The minimum atomic E-state index is 0.0982. The molecule has 1 aliphatic rings. The van der Waals surface area contributed by atoms with E-state index in [2.05, 4.69) is 21.1 Å². The van der Waals surface area contributed by atoms with E-state index in [9.17, 15) is 0 Å². The Bertz CT molecular complexity index is 587. The lowest BCUT2D eigenvalue weighted by Gasteiger charge is -2.33. The van der Waals surface area contributed by atoms with Gasteiger partial charge in [-0.15, -0.1) is 0 Å². The van der Waals surface area contributed by atoms with Crippen molar-refractivity contribution in [1.82, 2.24) is 14.8 Å². The molecule has 0 bridgehead atoms. The number of hydrogen-bond acceptors (Lipinski definition) is 5. The molecule has 3 rings (SSSR count). The lowest BCUT2D eigenvalue weighted by Crippen LogP contribution is -2.44. The summed E-state index contributed by atoms with van der Waals surface area (Å²) in [7, 11) is 0. The third-order valence-corrected chi connectivity index (χ3v) is 3.29. The topological polar surface area (TPSA) is 67.0 Å². The molecule has 0 amide bonds. The Morgan fingerprint density at radius 2 is 2.40 bits per heavy atom. The summed E-state index contributed by atoms with van der Waals surface area (Å²) >= 11 is 0. The van der Waals surface area contributed by atoms with E-state index >= 15 is 0 Å². The van der Waals surface area contributed by atoms with Crippen LogP contribution in [0.5, 0.6) is 0 Å². The van der Waals surface area contributed by atoms with Crippen molar-refractivity contribution in [2.45, 2.75) is 12.6 Å². The Morgan fingerprint density at radius 1 is 1.45 bits per heavy atom. The number of aromatic nitrogens is 3. The number of hydrogen-bond donors (Lipinski definition) is 0. The van der Waals surface area contributed by atoms with Crippen LogP contribution in [0.4, 0.5) is 5.82 Å². The van der Waals surface area contributed by atoms with E-state index in [0.717, 1.165) is 25.5 Å². The lowest BCUT2D eigenvalue weighted by molar-refractivity contribution is 0.0272. The van der Waals surface area contributed by atoms with Gasteiger partial charge < -0.3 is 9.64 Å². The second kappa shape index (κ2) is 5.72. The van der Waals surface area contributed by atoms with Crippen molar-refractivity contribution >= 4 is 5.82 Å². The molecule has 3 heterocycles. The maximum atomic E-state index is 8.79. The van der Waals surface area contributed by atoms with Gasteiger partial charge in [0.05, 0.1) is 24.8 Å². The second-order valence-corrected chi connectivity index (χ2v) is 4.68. The van der Waals surface area contributed by atoms with Crippen molar-refractivity contribution in [3.8, 4) is 6.07 Å². The normalized spacial score (nSPS) is 18.8. The predicted octanol–water partition coefficient (Wildman–Crippen LogP) is 1.06. The van der Waals surface area contributed by atoms with Gasteiger partial charge in [-0.05, 0) is 18.2 Å². The number of nitrogens with zero attached hydrogens (tertiary/aromatic N) is 5. The molecule has 0 saturated carbocycles. The van der Waals surface area contributed by atoms with E-state index in [4.69, 9.17) is 10.00 Å². The van der Waals surface area contributed by atoms with E-state index < -0.39 is 0 Å². The average molecular weight is 269 g/mol. The molecule has 0 radical (unpaired) electrons. The van der Waals surface area contributed by atoms with Crippen molar-refractivity contribution in [2.24, 2.45) is 0 Å². The van der Waals surface area contributed by atoms with Gasteiger partial charge in [0.15, 0.2) is 0 Å². The van der Waals surface area contributed by atoms with Crippen LogP contribution in [-0.4, -0.2) is 40.6 Å². The highest BCUT2D eigenvalue weighted by Crippen LogP contribution is 2.16. The molecule has 0 N–H and O–H groups in total. The number of nitriles is 1. The first-order valence-electron chi connectivity index (χ1n) is 6.55. The van der Waals surface area contributed by atoms with E-state index in [1.165, 1.54) is 0 Å². The van der Waals surface area contributed by atoms with Crippen LogP contribution in [0.1, 0.15) is 5.56 Å². The van der Waals surface area contributed by atoms with Crippen LogP contribution in [0.3, 0.4) is 0 Å². The maximum absolute atomic E-state index is 8.79. The van der Waals surface area contributed by atoms with Crippen LogP contribution < -0.4 is 4.90 Å². The molecule has 0 aromatic carbocycles. The third-order valence-electron chi connectivity index (χ3n) is 3.29. The quantitative estimate of drug-likeness (QED) is 0.833. The molecular weight excluding hydrogens is 254 g/mol. The highest BCUT2D eigenvalue weighted by atomic mass is 16.5. The van der Waals surface area contributed by atoms with Gasteiger partial charge in [-0.1, -0.05) is 0 Å². The molecule has 20 heavy (non-hydrogen) atoms. The van der Waals surface area contributed by atoms with Crippen molar-refractivity contribution in [3.63, 3.8) is 0 Å². The largest absolute Gasteiger partial charge is 0.373 e. The Labute approximate surface area is 117 Å². The van der Waals surface area contributed by atoms with Gasteiger partial charge in [-0.2, -0.15) is 10.4 Å². The molecule has 0 aliphatic carbocycles. The van der Waals surface area contributed by atoms with Gasteiger partial charge >= 0.3 is 0 Å².